The van der Waals surface area contributed by atoms with Gasteiger partial charge in [-0.3, -0.25) is 9.80 Å². The van der Waals surface area contributed by atoms with Gasteiger partial charge in [-0.1, -0.05) is 0 Å². The van der Waals surface area contributed by atoms with Gasteiger partial charge in [0.1, 0.15) is 35.4 Å². The van der Waals surface area contributed by atoms with Gasteiger partial charge in [0, 0.05) is 26.1 Å². The van der Waals surface area contributed by atoms with Crippen molar-refractivity contribution in [3.05, 3.63) is 34.8 Å². The average molecular weight is 694 g/mol. The number of carbonyl (C=O) groups excluding carboxylic acids is 1. The number of rotatable bonds is 5. The maximum absolute atomic E-state index is 16.6. The fraction of sp³-hybridized carbons (Fsp3) is 0.576. The topological polar surface area (TPSA) is 110 Å². The SMILES string of the molecule is Cc1nc(-c2c(N)c(F)c(F)c(F)c2F)c(F)c2nc(OC[C@@]34CCCN3C[C@H](F)C4)nc(N3C[C@H]4CC[C@@H](C3)N4C(=O)OC(C)(C)C)c12. The molecule has 4 aliphatic heterocycles. The summed E-state index contributed by atoms with van der Waals surface area (Å²) < 4.78 is 101. The fourth-order valence-corrected chi connectivity index (χ4v) is 7.98. The van der Waals surface area contributed by atoms with Gasteiger partial charge in [-0.25, -0.2) is 36.1 Å². The molecule has 4 fully saturated rings. The molecule has 6 heterocycles. The highest BCUT2D eigenvalue weighted by molar-refractivity contribution is 5.95. The van der Waals surface area contributed by atoms with Gasteiger partial charge < -0.3 is 20.1 Å². The molecule has 4 saturated heterocycles. The van der Waals surface area contributed by atoms with Gasteiger partial charge in [-0.15, -0.1) is 0 Å². The Hall–Kier alpha value is -4.08. The molecule has 3 aromatic rings. The lowest BCUT2D eigenvalue weighted by Gasteiger charge is -2.42. The Morgan fingerprint density at radius 2 is 1.63 bits per heavy atom. The first kappa shape index (κ1) is 33.4. The van der Waals surface area contributed by atoms with Crippen LogP contribution in [0.25, 0.3) is 22.2 Å². The number of pyridine rings is 1. The molecule has 16 heteroatoms. The predicted octanol–water partition coefficient (Wildman–Crippen LogP) is 5.82. The zero-order valence-corrected chi connectivity index (χ0v) is 27.6. The van der Waals surface area contributed by atoms with E-state index in [1.54, 1.807) is 25.7 Å². The maximum atomic E-state index is 16.6. The summed E-state index contributed by atoms with van der Waals surface area (Å²) in [7, 11) is 0. The fourth-order valence-electron chi connectivity index (χ4n) is 7.98. The number of halogens is 6. The molecule has 10 nitrogen and oxygen atoms in total. The quantitative estimate of drug-likeness (QED) is 0.153. The minimum absolute atomic E-state index is 0.0184. The van der Waals surface area contributed by atoms with Crippen molar-refractivity contribution < 1.29 is 40.6 Å². The number of nitrogens with two attached hydrogens (primary N) is 1. The third kappa shape index (κ3) is 5.55. The number of carbonyl (C=O) groups is 1. The number of benzene rings is 1. The molecule has 1 aromatic carbocycles. The second-order valence-electron chi connectivity index (χ2n) is 14.5. The smallest absolute Gasteiger partial charge is 0.410 e. The number of aromatic nitrogens is 3. The molecule has 0 aliphatic carbocycles. The van der Waals surface area contributed by atoms with E-state index in [1.807, 2.05) is 9.80 Å². The standard InChI is InChI=1S/C33H37F6N7O3/c1-15-19-27(25(39)28(41-15)20-21(35)22(36)23(37)24(38)26(20)40)42-30(48-14-33-8-5-9-45(33)11-16(34)10-33)43-29(19)44-12-17-6-7-18(13-44)46(17)31(47)49-32(2,3)4/h16-18H,5-14,40H2,1-4H3/t16-,17-,18+,33+/m1/s1. The number of anilines is 2. The third-order valence-electron chi connectivity index (χ3n) is 10.1. The van der Waals surface area contributed by atoms with Crippen molar-refractivity contribution in [2.24, 2.45) is 0 Å². The van der Waals surface area contributed by atoms with Gasteiger partial charge >= 0.3 is 12.1 Å². The monoisotopic (exact) mass is 693 g/mol. The molecule has 2 bridgehead atoms. The molecule has 2 aromatic heterocycles. The van der Waals surface area contributed by atoms with E-state index < -0.39 is 75.0 Å². The van der Waals surface area contributed by atoms with Gasteiger partial charge in [0.05, 0.1) is 40.0 Å². The van der Waals surface area contributed by atoms with Crippen LogP contribution in [0.4, 0.5) is 42.6 Å². The minimum Gasteiger partial charge on any atom is -0.461 e. The number of piperazine rings is 1. The predicted molar refractivity (Wildman–Crippen MR) is 167 cm³/mol. The molecule has 264 valence electrons. The number of nitrogen functional groups attached to an aromatic ring is 1. The summed E-state index contributed by atoms with van der Waals surface area (Å²) >= 11 is 0. The summed E-state index contributed by atoms with van der Waals surface area (Å²) in [6.45, 7) is 8.41. The van der Waals surface area contributed by atoms with E-state index >= 15 is 8.78 Å². The van der Waals surface area contributed by atoms with E-state index in [1.165, 1.54) is 6.92 Å². The molecule has 4 atom stereocenters. The number of hydrogen-bond acceptors (Lipinski definition) is 9. The number of ether oxygens (including phenoxy) is 2. The zero-order valence-electron chi connectivity index (χ0n) is 27.6. The molecule has 0 spiro atoms. The minimum atomic E-state index is -2.17. The molecular formula is C33H37F6N7O3. The van der Waals surface area contributed by atoms with Crippen LogP contribution in [-0.4, -0.2) is 93.0 Å². The highest BCUT2D eigenvalue weighted by atomic mass is 19.2. The van der Waals surface area contributed by atoms with Crippen LogP contribution < -0.4 is 15.4 Å². The lowest BCUT2D eigenvalue weighted by molar-refractivity contribution is 0.0122. The number of alkyl halides is 1. The van der Waals surface area contributed by atoms with Gasteiger partial charge in [-0.05, 0) is 59.9 Å². The lowest BCUT2D eigenvalue weighted by atomic mass is 9.95. The van der Waals surface area contributed by atoms with Crippen LogP contribution in [0.2, 0.25) is 0 Å². The number of hydrogen-bond donors (Lipinski definition) is 1. The van der Waals surface area contributed by atoms with Crippen molar-refractivity contribution >= 4 is 28.5 Å². The number of nitrogens with zero attached hydrogens (tertiary/aromatic N) is 6. The highest BCUT2D eigenvalue weighted by Gasteiger charge is 2.50. The van der Waals surface area contributed by atoms with Crippen molar-refractivity contribution in [1.82, 2.24) is 24.8 Å². The second kappa shape index (κ2) is 11.8. The number of amides is 1. The number of aryl methyl sites for hydroxylation is 1. The van der Waals surface area contributed by atoms with Crippen molar-refractivity contribution in [3.63, 3.8) is 0 Å². The first-order valence-corrected chi connectivity index (χ1v) is 16.4. The molecule has 49 heavy (non-hydrogen) atoms. The molecule has 0 unspecified atom stereocenters. The average Bonchev–Trinajstić information content (AvgIpc) is 3.66. The molecular weight excluding hydrogens is 656 g/mol. The molecule has 0 saturated carbocycles. The Morgan fingerprint density at radius 3 is 2.31 bits per heavy atom. The van der Waals surface area contributed by atoms with Gasteiger partial charge in [0.25, 0.3) is 0 Å². The van der Waals surface area contributed by atoms with Crippen LogP contribution in [0.1, 0.15) is 58.6 Å². The van der Waals surface area contributed by atoms with Crippen molar-refractivity contribution in [2.45, 2.75) is 89.2 Å². The summed E-state index contributed by atoms with van der Waals surface area (Å²) in [6, 6.07) is -0.774. The van der Waals surface area contributed by atoms with Crippen LogP contribution in [0, 0.1) is 36.0 Å². The van der Waals surface area contributed by atoms with E-state index in [0.29, 0.717) is 38.9 Å². The highest BCUT2D eigenvalue weighted by Crippen LogP contribution is 2.43. The third-order valence-corrected chi connectivity index (χ3v) is 10.1. The van der Waals surface area contributed by atoms with Crippen molar-refractivity contribution in [2.75, 3.05) is 43.4 Å². The van der Waals surface area contributed by atoms with Crippen LogP contribution in [0.5, 0.6) is 6.01 Å². The Bertz CT molecular complexity index is 1820. The van der Waals surface area contributed by atoms with Crippen LogP contribution in [0.3, 0.4) is 0 Å². The van der Waals surface area contributed by atoms with E-state index in [9.17, 15) is 22.4 Å². The van der Waals surface area contributed by atoms with Crippen LogP contribution >= 0.6 is 0 Å². The Labute approximate surface area is 278 Å². The first-order chi connectivity index (χ1) is 23.1. The van der Waals surface area contributed by atoms with E-state index in [2.05, 4.69) is 9.97 Å². The summed E-state index contributed by atoms with van der Waals surface area (Å²) in [5, 5.41) is 0.117. The maximum Gasteiger partial charge on any atom is 0.410 e. The van der Waals surface area contributed by atoms with Gasteiger partial charge in [0.2, 0.25) is 0 Å². The lowest BCUT2D eigenvalue weighted by Crippen LogP contribution is -2.57. The van der Waals surface area contributed by atoms with E-state index in [0.717, 1.165) is 6.42 Å². The van der Waals surface area contributed by atoms with Crippen LogP contribution in [-0.2, 0) is 4.74 Å². The van der Waals surface area contributed by atoms with E-state index in [4.69, 9.17) is 20.2 Å². The molecule has 2 N–H and O–H groups in total. The van der Waals surface area contributed by atoms with Crippen molar-refractivity contribution in [3.8, 4) is 17.3 Å². The Morgan fingerprint density at radius 1 is 0.959 bits per heavy atom. The Kier molecular flexibility index (Phi) is 8.03. The van der Waals surface area contributed by atoms with E-state index in [-0.39, 0.29) is 54.6 Å². The summed E-state index contributed by atoms with van der Waals surface area (Å²) in [5.74, 6) is -9.18. The molecule has 4 aliphatic rings. The summed E-state index contributed by atoms with van der Waals surface area (Å²) in [5.41, 5.74) is 0.894. The van der Waals surface area contributed by atoms with Gasteiger partial charge in [-0.2, -0.15) is 9.97 Å². The first-order valence-electron chi connectivity index (χ1n) is 16.4. The molecule has 1 amide bonds. The molecule has 0 radical (unpaired) electrons. The van der Waals surface area contributed by atoms with Crippen LogP contribution in [0.15, 0.2) is 0 Å². The largest absolute Gasteiger partial charge is 0.461 e. The normalized spacial score (nSPS) is 25.4. The zero-order chi connectivity index (χ0) is 35.2. The summed E-state index contributed by atoms with van der Waals surface area (Å²) in [6.07, 6.45) is 1.70. The number of fused-ring (bicyclic) bond motifs is 4. The Balaban J connectivity index is 1.33. The summed E-state index contributed by atoms with van der Waals surface area (Å²) in [4.78, 5) is 31.9. The molecule has 7 rings (SSSR count). The van der Waals surface area contributed by atoms with Gasteiger partial charge in [0.15, 0.2) is 29.1 Å². The second-order valence-corrected chi connectivity index (χ2v) is 14.5. The van der Waals surface area contributed by atoms with Crippen molar-refractivity contribution in [1.29, 1.82) is 0 Å².